The Morgan fingerprint density at radius 2 is 1.67 bits per heavy atom. The molecule has 0 aliphatic rings. The third-order valence-corrected chi connectivity index (χ3v) is 5.54. The lowest BCUT2D eigenvalue weighted by Gasteiger charge is -2.21. The number of rotatable bonds is 7. The average molecular weight is 389 g/mol. The molecule has 0 heterocycles. The van der Waals surface area contributed by atoms with Gasteiger partial charge in [-0.25, -0.2) is 12.7 Å². The number of hydrogen-bond donors (Lipinski definition) is 1. The number of halogens is 4. The van der Waals surface area contributed by atoms with Gasteiger partial charge < -0.3 is 5.73 Å². The molecule has 1 aromatic rings. The van der Waals surface area contributed by atoms with Crippen LogP contribution in [0, 0.1) is 5.92 Å². The van der Waals surface area contributed by atoms with Crippen LogP contribution in [0.3, 0.4) is 0 Å². The number of nitrogens with zero attached hydrogens (tertiary/aromatic N) is 1. The highest BCUT2D eigenvalue weighted by Gasteiger charge is 2.28. The Bertz CT molecular complexity index is 604. The molecular formula is C15H24ClF3N2O2S. The first-order valence-corrected chi connectivity index (χ1v) is 8.75. The van der Waals surface area contributed by atoms with Gasteiger partial charge in [0.15, 0.2) is 0 Å². The molecule has 0 aliphatic carbocycles. The minimum absolute atomic E-state index is 0. The van der Waals surface area contributed by atoms with E-state index in [0.717, 1.165) is 0 Å². The Hall–Kier alpha value is -0.830. The largest absolute Gasteiger partial charge is 0.393 e. The Labute approximate surface area is 147 Å². The molecule has 1 rings (SSSR count). The van der Waals surface area contributed by atoms with Crippen molar-refractivity contribution < 1.29 is 21.6 Å². The number of hydrogen-bond acceptors (Lipinski definition) is 3. The fourth-order valence-electron chi connectivity index (χ4n) is 1.98. The normalized spacial score (nSPS) is 13.9. The first-order chi connectivity index (χ1) is 10.4. The first kappa shape index (κ1) is 23.2. The highest BCUT2D eigenvalue weighted by Crippen LogP contribution is 2.23. The summed E-state index contributed by atoms with van der Waals surface area (Å²) in [5.74, 6) is 0.243. The zero-order chi connectivity index (χ0) is 17.8. The number of sulfonamides is 1. The van der Waals surface area contributed by atoms with Crippen molar-refractivity contribution in [2.45, 2.75) is 43.8 Å². The summed E-state index contributed by atoms with van der Waals surface area (Å²) >= 11 is 0. The van der Waals surface area contributed by atoms with E-state index in [1.54, 1.807) is 0 Å². The molecule has 24 heavy (non-hydrogen) atoms. The number of nitrogens with two attached hydrogens (primary N) is 1. The Kier molecular flexibility index (Phi) is 8.72. The van der Waals surface area contributed by atoms with E-state index in [4.69, 9.17) is 5.73 Å². The molecule has 1 atom stereocenters. The van der Waals surface area contributed by atoms with Crippen molar-refractivity contribution in [3.8, 4) is 0 Å². The first-order valence-electron chi connectivity index (χ1n) is 7.31. The predicted molar refractivity (Wildman–Crippen MR) is 90.7 cm³/mol. The fraction of sp³-hybridized carbons (Fsp3) is 0.600. The van der Waals surface area contributed by atoms with Crippen LogP contribution in [-0.2, 0) is 16.4 Å². The minimum Gasteiger partial charge on any atom is -0.327 e. The number of benzene rings is 1. The second-order valence-corrected chi connectivity index (χ2v) is 8.00. The monoisotopic (exact) mass is 388 g/mol. The van der Waals surface area contributed by atoms with Crippen molar-refractivity contribution in [2.75, 3.05) is 13.6 Å². The average Bonchev–Trinajstić information content (AvgIpc) is 2.42. The van der Waals surface area contributed by atoms with E-state index in [-0.39, 0.29) is 41.4 Å². The van der Waals surface area contributed by atoms with E-state index in [1.165, 1.54) is 35.6 Å². The molecule has 0 bridgehead atoms. The van der Waals surface area contributed by atoms with Crippen LogP contribution < -0.4 is 5.73 Å². The van der Waals surface area contributed by atoms with Crippen molar-refractivity contribution in [3.63, 3.8) is 0 Å². The van der Waals surface area contributed by atoms with Crippen LogP contribution in [0.4, 0.5) is 13.2 Å². The lowest BCUT2D eigenvalue weighted by molar-refractivity contribution is -0.127. The van der Waals surface area contributed by atoms with Gasteiger partial charge in [0.1, 0.15) is 0 Å². The molecule has 0 aliphatic heterocycles. The molecule has 1 unspecified atom stereocenters. The van der Waals surface area contributed by atoms with E-state index in [2.05, 4.69) is 0 Å². The summed E-state index contributed by atoms with van der Waals surface area (Å²) in [4.78, 5) is -0.0240. The van der Waals surface area contributed by atoms with E-state index in [1.807, 2.05) is 13.8 Å². The zero-order valence-electron chi connectivity index (χ0n) is 13.9. The third-order valence-electron chi connectivity index (χ3n) is 3.67. The van der Waals surface area contributed by atoms with Crippen LogP contribution in [0.25, 0.3) is 0 Å². The predicted octanol–water partition coefficient (Wildman–Crippen LogP) is 3.21. The van der Waals surface area contributed by atoms with E-state index < -0.39 is 22.6 Å². The standard InChI is InChI=1S/C15H23F3N2O2S.ClH/c1-11(2)14(19)8-9-20(3)23(21,22)13-6-4-12(5-7-13)10-15(16,17)18;/h4-7,11,14H,8-10,19H2,1-3H3;1H. The highest BCUT2D eigenvalue weighted by molar-refractivity contribution is 7.89. The lowest BCUT2D eigenvalue weighted by atomic mass is 10.0. The Balaban J connectivity index is 0.00000529. The third kappa shape index (κ3) is 6.96. The maximum absolute atomic E-state index is 12.4. The van der Waals surface area contributed by atoms with Gasteiger partial charge in [0.05, 0.1) is 11.3 Å². The van der Waals surface area contributed by atoms with Gasteiger partial charge in [-0.05, 0) is 30.0 Å². The van der Waals surface area contributed by atoms with Crippen LogP contribution in [0.5, 0.6) is 0 Å². The maximum atomic E-state index is 12.4. The maximum Gasteiger partial charge on any atom is 0.393 e. The second kappa shape index (κ2) is 9.03. The van der Waals surface area contributed by atoms with Crippen molar-refractivity contribution in [1.29, 1.82) is 0 Å². The summed E-state index contributed by atoms with van der Waals surface area (Å²) in [5, 5.41) is 0. The van der Waals surface area contributed by atoms with E-state index in [9.17, 15) is 21.6 Å². The molecule has 0 saturated carbocycles. The summed E-state index contributed by atoms with van der Waals surface area (Å²) in [7, 11) is -2.29. The van der Waals surface area contributed by atoms with Crippen LogP contribution in [0.15, 0.2) is 29.2 Å². The summed E-state index contributed by atoms with van der Waals surface area (Å²) in [6.07, 6.45) is -4.88. The molecule has 9 heteroatoms. The molecule has 0 aromatic heterocycles. The van der Waals surface area contributed by atoms with Crippen molar-refractivity contribution in [1.82, 2.24) is 4.31 Å². The Morgan fingerprint density at radius 3 is 2.08 bits per heavy atom. The molecule has 1 aromatic carbocycles. The summed E-state index contributed by atoms with van der Waals surface area (Å²) in [5.41, 5.74) is 5.93. The summed E-state index contributed by atoms with van der Waals surface area (Å²) < 4.78 is 62.8. The Morgan fingerprint density at radius 1 is 1.17 bits per heavy atom. The summed E-state index contributed by atoms with van der Waals surface area (Å²) in [6.45, 7) is 4.17. The number of alkyl halides is 3. The van der Waals surface area contributed by atoms with Crippen LogP contribution in [-0.4, -0.2) is 38.5 Å². The molecule has 0 amide bonds. The van der Waals surface area contributed by atoms with Gasteiger partial charge in [-0.2, -0.15) is 13.2 Å². The summed E-state index contributed by atoms with van der Waals surface area (Å²) in [6, 6.07) is 4.67. The van der Waals surface area contributed by atoms with Crippen molar-refractivity contribution in [3.05, 3.63) is 29.8 Å². The van der Waals surface area contributed by atoms with Gasteiger partial charge in [-0.15, -0.1) is 12.4 Å². The van der Waals surface area contributed by atoms with Gasteiger partial charge in [0.2, 0.25) is 10.0 Å². The van der Waals surface area contributed by atoms with Gasteiger partial charge in [-0.1, -0.05) is 26.0 Å². The zero-order valence-corrected chi connectivity index (χ0v) is 15.5. The second-order valence-electron chi connectivity index (χ2n) is 5.96. The van der Waals surface area contributed by atoms with Gasteiger partial charge >= 0.3 is 6.18 Å². The highest BCUT2D eigenvalue weighted by atomic mass is 35.5. The van der Waals surface area contributed by atoms with Crippen molar-refractivity contribution >= 4 is 22.4 Å². The van der Waals surface area contributed by atoms with Crippen LogP contribution >= 0.6 is 12.4 Å². The van der Waals surface area contributed by atoms with Crippen molar-refractivity contribution in [2.24, 2.45) is 11.7 Å². The molecular weight excluding hydrogens is 365 g/mol. The van der Waals surface area contributed by atoms with E-state index in [0.29, 0.717) is 6.42 Å². The topological polar surface area (TPSA) is 63.4 Å². The van der Waals surface area contributed by atoms with Gasteiger partial charge in [0, 0.05) is 19.6 Å². The molecule has 0 fully saturated rings. The quantitative estimate of drug-likeness (QED) is 0.780. The molecule has 0 radical (unpaired) electrons. The molecule has 4 nitrogen and oxygen atoms in total. The fourth-order valence-corrected chi connectivity index (χ4v) is 3.16. The molecule has 2 N–H and O–H groups in total. The van der Waals surface area contributed by atoms with Gasteiger partial charge in [-0.3, -0.25) is 0 Å². The van der Waals surface area contributed by atoms with Crippen LogP contribution in [0.2, 0.25) is 0 Å². The van der Waals surface area contributed by atoms with Gasteiger partial charge in [0.25, 0.3) is 0 Å². The van der Waals surface area contributed by atoms with E-state index >= 15 is 0 Å². The lowest BCUT2D eigenvalue weighted by Crippen LogP contribution is -2.34. The smallest absolute Gasteiger partial charge is 0.327 e. The molecule has 0 saturated heterocycles. The minimum atomic E-state index is -4.32. The SMILES string of the molecule is CC(C)C(N)CCN(C)S(=O)(=O)c1ccc(CC(F)(F)F)cc1.Cl. The molecule has 0 spiro atoms. The van der Waals surface area contributed by atoms with Crippen LogP contribution in [0.1, 0.15) is 25.8 Å². The molecule has 140 valence electrons.